The third-order valence-electron chi connectivity index (χ3n) is 3.94. The lowest BCUT2D eigenvalue weighted by Gasteiger charge is -2.20. The Bertz CT molecular complexity index is 992. The summed E-state index contributed by atoms with van der Waals surface area (Å²) in [4.78, 5) is 15.1. The first kappa shape index (κ1) is 17.1. The Morgan fingerprint density at radius 3 is 2.62 bits per heavy atom. The van der Waals surface area contributed by atoms with Crippen LogP contribution in [-0.4, -0.2) is 14.5 Å². The number of anilines is 1. The predicted octanol–water partition coefficient (Wildman–Crippen LogP) is 3.54. The molecule has 2 aromatic carbocycles. The zero-order valence-corrected chi connectivity index (χ0v) is 13.8. The number of nitrogens with zero attached hydrogens (tertiary/aromatic N) is 4. The fourth-order valence-electron chi connectivity index (χ4n) is 2.64. The molecule has 26 heavy (non-hydrogen) atoms. The highest BCUT2D eigenvalue weighted by molar-refractivity contribution is 5.65. The lowest BCUT2D eigenvalue weighted by molar-refractivity contribution is -0.384. The smallest absolute Gasteiger partial charge is 0.293 e. The Labute approximate surface area is 148 Å². The molecule has 7 nitrogen and oxygen atoms in total. The van der Waals surface area contributed by atoms with Crippen molar-refractivity contribution >= 4 is 11.4 Å². The minimum Gasteiger partial charge on any atom is -0.366 e. The van der Waals surface area contributed by atoms with Gasteiger partial charge in [-0.3, -0.25) is 10.1 Å². The molecule has 0 aliphatic rings. The fraction of sp³-hybridized carbons (Fsp3) is 0.111. The van der Waals surface area contributed by atoms with Crippen LogP contribution in [0.4, 0.5) is 15.8 Å². The van der Waals surface area contributed by atoms with Gasteiger partial charge in [-0.2, -0.15) is 5.26 Å². The van der Waals surface area contributed by atoms with Gasteiger partial charge in [0.05, 0.1) is 16.6 Å². The summed E-state index contributed by atoms with van der Waals surface area (Å²) in [5, 5.41) is 23.5. The third-order valence-corrected chi connectivity index (χ3v) is 3.94. The minimum absolute atomic E-state index is 0.192. The third kappa shape index (κ3) is 3.37. The molecule has 1 atom stereocenters. The van der Waals surface area contributed by atoms with Crippen LogP contribution < -0.4 is 5.32 Å². The van der Waals surface area contributed by atoms with Crippen molar-refractivity contribution < 1.29 is 9.31 Å². The number of halogens is 1. The highest BCUT2D eigenvalue weighted by atomic mass is 19.1. The zero-order valence-electron chi connectivity index (χ0n) is 13.8. The van der Waals surface area contributed by atoms with E-state index in [4.69, 9.17) is 5.26 Å². The molecule has 0 saturated carbocycles. The van der Waals surface area contributed by atoms with Gasteiger partial charge in [-0.1, -0.05) is 12.1 Å². The molecule has 0 radical (unpaired) electrons. The van der Waals surface area contributed by atoms with E-state index in [-0.39, 0.29) is 22.8 Å². The molecule has 3 aromatic rings. The van der Waals surface area contributed by atoms with Crippen molar-refractivity contribution in [3.05, 3.63) is 87.7 Å². The van der Waals surface area contributed by atoms with Gasteiger partial charge in [0, 0.05) is 25.5 Å². The van der Waals surface area contributed by atoms with Gasteiger partial charge in [-0.15, -0.1) is 0 Å². The van der Waals surface area contributed by atoms with Crippen molar-refractivity contribution in [1.29, 1.82) is 5.26 Å². The van der Waals surface area contributed by atoms with Gasteiger partial charge in [-0.05, 0) is 29.8 Å². The lowest BCUT2D eigenvalue weighted by atomic mass is 10.0. The molecular formula is C18H14FN5O2. The van der Waals surface area contributed by atoms with Gasteiger partial charge < -0.3 is 9.88 Å². The molecule has 0 saturated heterocycles. The van der Waals surface area contributed by atoms with E-state index in [2.05, 4.69) is 10.3 Å². The quantitative estimate of drug-likeness (QED) is 0.560. The number of imidazole rings is 1. The molecular weight excluding hydrogens is 337 g/mol. The molecule has 1 aromatic heterocycles. The number of nitro groups is 1. The molecule has 3 rings (SSSR count). The summed E-state index contributed by atoms with van der Waals surface area (Å²) in [6.07, 6.45) is 3.36. The molecule has 0 spiro atoms. The zero-order chi connectivity index (χ0) is 18.7. The molecule has 1 N–H and O–H groups in total. The Morgan fingerprint density at radius 2 is 2.04 bits per heavy atom. The number of aryl methyl sites for hydroxylation is 1. The van der Waals surface area contributed by atoms with Gasteiger partial charge in [0.2, 0.25) is 0 Å². The Hall–Kier alpha value is -3.73. The molecule has 0 aliphatic carbocycles. The Kier molecular flexibility index (Phi) is 4.62. The number of rotatable bonds is 5. The first-order valence-electron chi connectivity index (χ1n) is 7.67. The summed E-state index contributed by atoms with van der Waals surface area (Å²) in [6, 6.07) is 11.4. The van der Waals surface area contributed by atoms with Crippen LogP contribution in [0.25, 0.3) is 0 Å². The van der Waals surface area contributed by atoms with Gasteiger partial charge in [0.1, 0.15) is 23.4 Å². The molecule has 1 heterocycles. The largest absolute Gasteiger partial charge is 0.366 e. The summed E-state index contributed by atoms with van der Waals surface area (Å²) in [7, 11) is 1.80. The van der Waals surface area contributed by atoms with Crippen LogP contribution in [0.2, 0.25) is 0 Å². The SMILES string of the molecule is Cn1ccnc1[C@@H](Nc1ccc(C#N)cc1[N+](=O)[O-])c1ccc(F)cc1. The molecule has 0 aliphatic heterocycles. The molecule has 0 amide bonds. The maximum atomic E-state index is 13.3. The molecule has 0 fully saturated rings. The van der Waals surface area contributed by atoms with Gasteiger partial charge in [0.15, 0.2) is 0 Å². The Morgan fingerprint density at radius 1 is 1.31 bits per heavy atom. The second kappa shape index (κ2) is 7.03. The standard InChI is InChI=1S/C18H14FN5O2/c1-23-9-8-21-18(23)17(13-3-5-14(19)6-4-13)22-15-7-2-12(11-20)10-16(15)24(25)26/h2-10,17,22H,1H3/t17-/m0/s1. The Balaban J connectivity index is 2.07. The second-order valence-corrected chi connectivity index (χ2v) is 5.63. The monoisotopic (exact) mass is 351 g/mol. The second-order valence-electron chi connectivity index (χ2n) is 5.63. The number of nitrogens with one attached hydrogen (secondary N) is 1. The van der Waals surface area contributed by atoms with Gasteiger partial charge in [0.25, 0.3) is 5.69 Å². The van der Waals surface area contributed by atoms with Crippen LogP contribution in [-0.2, 0) is 7.05 Å². The van der Waals surface area contributed by atoms with E-state index < -0.39 is 11.0 Å². The van der Waals surface area contributed by atoms with E-state index in [0.29, 0.717) is 11.4 Å². The minimum atomic E-state index is -0.552. The van der Waals surface area contributed by atoms with Crippen molar-refractivity contribution in [3.63, 3.8) is 0 Å². The summed E-state index contributed by atoms with van der Waals surface area (Å²) >= 11 is 0. The number of hydrogen-bond acceptors (Lipinski definition) is 5. The van der Waals surface area contributed by atoms with Crippen molar-refractivity contribution in [2.24, 2.45) is 7.05 Å². The van der Waals surface area contributed by atoms with Crippen molar-refractivity contribution in [2.75, 3.05) is 5.32 Å². The van der Waals surface area contributed by atoms with Crippen LogP contribution in [0.3, 0.4) is 0 Å². The van der Waals surface area contributed by atoms with E-state index in [0.717, 1.165) is 0 Å². The number of hydrogen-bond donors (Lipinski definition) is 1. The van der Waals surface area contributed by atoms with Crippen molar-refractivity contribution in [1.82, 2.24) is 9.55 Å². The van der Waals surface area contributed by atoms with E-state index in [9.17, 15) is 14.5 Å². The maximum Gasteiger partial charge on any atom is 0.293 e. The first-order valence-corrected chi connectivity index (χ1v) is 7.67. The first-order chi connectivity index (χ1) is 12.5. The normalized spacial score (nSPS) is 11.6. The van der Waals surface area contributed by atoms with Crippen LogP contribution in [0.1, 0.15) is 23.0 Å². The van der Waals surface area contributed by atoms with Crippen LogP contribution in [0.15, 0.2) is 54.9 Å². The average molecular weight is 351 g/mol. The summed E-state index contributed by atoms with van der Waals surface area (Å²) < 4.78 is 15.1. The fourth-order valence-corrected chi connectivity index (χ4v) is 2.64. The van der Waals surface area contributed by atoms with Crippen LogP contribution in [0, 0.1) is 27.3 Å². The van der Waals surface area contributed by atoms with E-state index >= 15 is 0 Å². The summed E-state index contributed by atoms with van der Waals surface area (Å²) in [5.74, 6) is 0.229. The maximum absolute atomic E-state index is 13.3. The van der Waals surface area contributed by atoms with Crippen molar-refractivity contribution in [2.45, 2.75) is 6.04 Å². The van der Waals surface area contributed by atoms with Crippen molar-refractivity contribution in [3.8, 4) is 6.07 Å². The topological polar surface area (TPSA) is 96.8 Å². The van der Waals surface area contributed by atoms with Gasteiger partial charge in [-0.25, -0.2) is 9.37 Å². The molecule has 0 unspecified atom stereocenters. The highest BCUT2D eigenvalue weighted by Crippen LogP contribution is 2.32. The molecule has 8 heteroatoms. The van der Waals surface area contributed by atoms with E-state index in [1.54, 1.807) is 36.1 Å². The van der Waals surface area contributed by atoms with E-state index in [1.165, 1.54) is 30.3 Å². The van der Waals surface area contributed by atoms with Gasteiger partial charge >= 0.3 is 0 Å². The highest BCUT2D eigenvalue weighted by Gasteiger charge is 2.23. The van der Waals surface area contributed by atoms with Crippen LogP contribution >= 0.6 is 0 Å². The number of aromatic nitrogens is 2. The number of benzene rings is 2. The summed E-state index contributed by atoms with van der Waals surface area (Å²) in [6.45, 7) is 0. The number of nitro benzene ring substituents is 1. The molecule has 0 bridgehead atoms. The van der Waals surface area contributed by atoms with Crippen LogP contribution in [0.5, 0.6) is 0 Å². The summed E-state index contributed by atoms with van der Waals surface area (Å²) in [5.41, 5.74) is 0.911. The predicted molar refractivity (Wildman–Crippen MR) is 92.9 cm³/mol. The van der Waals surface area contributed by atoms with E-state index in [1.807, 2.05) is 6.07 Å². The lowest BCUT2D eigenvalue weighted by Crippen LogP contribution is -2.17. The molecule has 130 valence electrons. The number of nitriles is 1. The average Bonchev–Trinajstić information content (AvgIpc) is 3.06.